The highest BCUT2D eigenvalue weighted by atomic mass is 16.5. The minimum absolute atomic E-state index is 0.0107. The van der Waals surface area contributed by atoms with E-state index in [0.29, 0.717) is 6.61 Å². The van der Waals surface area contributed by atoms with Crippen molar-refractivity contribution < 1.29 is 9.53 Å². The molecule has 0 aliphatic carbocycles. The van der Waals surface area contributed by atoms with Gasteiger partial charge in [-0.25, -0.2) is 9.97 Å². The first-order valence-corrected chi connectivity index (χ1v) is 9.13. The summed E-state index contributed by atoms with van der Waals surface area (Å²) in [5, 5.41) is 7.29. The molecule has 0 aromatic carbocycles. The van der Waals surface area contributed by atoms with Crippen molar-refractivity contribution in [3.63, 3.8) is 0 Å². The Morgan fingerprint density at radius 1 is 1.42 bits per heavy atom. The summed E-state index contributed by atoms with van der Waals surface area (Å²) in [7, 11) is 0. The molecule has 2 aliphatic rings. The number of anilines is 1. The zero-order valence-corrected chi connectivity index (χ0v) is 15.0. The molecule has 26 heavy (non-hydrogen) atoms. The summed E-state index contributed by atoms with van der Waals surface area (Å²) < 4.78 is 7.11. The van der Waals surface area contributed by atoms with Gasteiger partial charge in [-0.15, -0.1) is 0 Å². The van der Waals surface area contributed by atoms with Crippen LogP contribution in [0.25, 0.3) is 0 Å². The van der Waals surface area contributed by atoms with Crippen molar-refractivity contribution in [3.8, 4) is 0 Å². The second-order valence-electron chi connectivity index (χ2n) is 7.01. The molecule has 1 N–H and O–H groups in total. The number of piperidine rings is 1. The Labute approximate surface area is 152 Å². The van der Waals surface area contributed by atoms with E-state index in [1.807, 2.05) is 19.3 Å². The minimum atomic E-state index is -0.0107. The molecule has 0 unspecified atom stereocenters. The number of rotatable bonds is 4. The zero-order valence-electron chi connectivity index (χ0n) is 15.0. The summed E-state index contributed by atoms with van der Waals surface area (Å²) in [5.41, 5.74) is 3.22. The number of ether oxygens (including phenoxy) is 1. The van der Waals surface area contributed by atoms with Gasteiger partial charge in [0.2, 0.25) is 11.9 Å². The molecule has 2 aromatic heterocycles. The Morgan fingerprint density at radius 3 is 3.19 bits per heavy atom. The van der Waals surface area contributed by atoms with Gasteiger partial charge in [0.25, 0.3) is 0 Å². The Balaban J connectivity index is 1.37. The van der Waals surface area contributed by atoms with Gasteiger partial charge in [0.05, 0.1) is 25.1 Å². The van der Waals surface area contributed by atoms with Crippen LogP contribution in [0.1, 0.15) is 29.7 Å². The lowest BCUT2D eigenvalue weighted by Gasteiger charge is -2.33. The van der Waals surface area contributed by atoms with Crippen molar-refractivity contribution >= 4 is 11.9 Å². The number of carbonyl (C=O) groups is 1. The summed E-state index contributed by atoms with van der Waals surface area (Å²) in [6, 6.07) is 0.107. The predicted octanol–water partition coefficient (Wildman–Crippen LogP) is 0.839. The molecule has 2 aromatic rings. The lowest BCUT2D eigenvalue weighted by Crippen LogP contribution is -2.49. The zero-order chi connectivity index (χ0) is 17.9. The maximum Gasteiger partial charge on any atom is 0.242 e. The number of amides is 1. The Morgan fingerprint density at radius 2 is 2.35 bits per heavy atom. The van der Waals surface area contributed by atoms with Crippen LogP contribution in [0.2, 0.25) is 0 Å². The third-order valence-corrected chi connectivity index (χ3v) is 4.82. The first kappa shape index (κ1) is 17.0. The molecule has 0 bridgehead atoms. The van der Waals surface area contributed by atoms with Gasteiger partial charge in [0, 0.05) is 43.5 Å². The van der Waals surface area contributed by atoms with Crippen LogP contribution >= 0.6 is 0 Å². The van der Waals surface area contributed by atoms with Gasteiger partial charge in [-0.2, -0.15) is 5.10 Å². The SMILES string of the molecule is Cc1cnn(CC(=O)N[C@@H]2CCCN(c3ncc4c(n3)CCOC4)C2)c1. The average molecular weight is 356 g/mol. The molecule has 4 heterocycles. The Hall–Kier alpha value is -2.48. The molecule has 8 heteroatoms. The standard InChI is InChI=1S/C18H24N6O2/c1-13-7-20-24(9-13)11-17(25)21-15-3-2-5-23(10-15)18-19-8-14-12-26-6-4-16(14)22-18/h7-9,15H,2-6,10-12H2,1H3,(H,21,25)/t15-/m1/s1. The summed E-state index contributed by atoms with van der Waals surface area (Å²) in [6.07, 6.45) is 8.32. The van der Waals surface area contributed by atoms with Crippen LogP contribution in [-0.2, 0) is 29.1 Å². The summed E-state index contributed by atoms with van der Waals surface area (Å²) in [5.74, 6) is 0.746. The van der Waals surface area contributed by atoms with Crippen LogP contribution in [0, 0.1) is 6.92 Å². The number of fused-ring (bicyclic) bond motifs is 1. The Kier molecular flexibility index (Phi) is 4.83. The molecule has 0 saturated carbocycles. The lowest BCUT2D eigenvalue weighted by atomic mass is 10.1. The summed E-state index contributed by atoms with van der Waals surface area (Å²) >= 11 is 0. The number of aromatic nitrogens is 4. The quantitative estimate of drug-likeness (QED) is 0.874. The van der Waals surface area contributed by atoms with Crippen molar-refractivity contribution in [2.45, 2.75) is 45.4 Å². The normalized spacial score (nSPS) is 19.9. The molecule has 138 valence electrons. The smallest absolute Gasteiger partial charge is 0.242 e. The van der Waals surface area contributed by atoms with Crippen LogP contribution in [0.4, 0.5) is 5.95 Å². The fourth-order valence-corrected chi connectivity index (χ4v) is 3.52. The van der Waals surface area contributed by atoms with Crippen molar-refractivity contribution in [1.29, 1.82) is 0 Å². The molecule has 8 nitrogen and oxygen atoms in total. The topological polar surface area (TPSA) is 85.2 Å². The van der Waals surface area contributed by atoms with E-state index in [0.717, 1.165) is 61.7 Å². The minimum Gasteiger partial charge on any atom is -0.376 e. The van der Waals surface area contributed by atoms with E-state index >= 15 is 0 Å². The van der Waals surface area contributed by atoms with E-state index in [9.17, 15) is 4.79 Å². The van der Waals surface area contributed by atoms with E-state index in [-0.39, 0.29) is 18.5 Å². The van der Waals surface area contributed by atoms with Gasteiger partial charge in [0.1, 0.15) is 6.54 Å². The van der Waals surface area contributed by atoms with Crippen LogP contribution in [-0.4, -0.2) is 51.4 Å². The number of carbonyl (C=O) groups excluding carboxylic acids is 1. The molecule has 1 amide bonds. The van der Waals surface area contributed by atoms with Gasteiger partial charge in [0.15, 0.2) is 0 Å². The van der Waals surface area contributed by atoms with Crippen molar-refractivity contribution in [1.82, 2.24) is 25.1 Å². The number of hydrogen-bond donors (Lipinski definition) is 1. The monoisotopic (exact) mass is 356 g/mol. The number of nitrogens with one attached hydrogen (secondary N) is 1. The maximum absolute atomic E-state index is 12.3. The Bertz CT molecular complexity index is 790. The van der Waals surface area contributed by atoms with Crippen LogP contribution in [0.3, 0.4) is 0 Å². The summed E-state index contributed by atoms with van der Waals surface area (Å²) in [6.45, 7) is 5.18. The predicted molar refractivity (Wildman–Crippen MR) is 95.7 cm³/mol. The number of aryl methyl sites for hydroxylation is 1. The second kappa shape index (κ2) is 7.41. The van der Waals surface area contributed by atoms with E-state index in [1.165, 1.54) is 0 Å². The third kappa shape index (κ3) is 3.85. The molecule has 2 aliphatic heterocycles. The highest BCUT2D eigenvalue weighted by molar-refractivity contribution is 5.76. The first-order chi connectivity index (χ1) is 12.7. The molecule has 0 spiro atoms. The third-order valence-electron chi connectivity index (χ3n) is 4.82. The molecular weight excluding hydrogens is 332 g/mol. The molecule has 1 atom stereocenters. The van der Waals surface area contributed by atoms with E-state index in [1.54, 1.807) is 10.9 Å². The molecule has 4 rings (SSSR count). The van der Waals surface area contributed by atoms with Gasteiger partial charge < -0.3 is 15.0 Å². The fraction of sp³-hybridized carbons (Fsp3) is 0.556. The van der Waals surface area contributed by atoms with Crippen LogP contribution in [0.15, 0.2) is 18.6 Å². The highest BCUT2D eigenvalue weighted by Crippen LogP contribution is 2.20. The van der Waals surface area contributed by atoms with E-state index < -0.39 is 0 Å². The number of nitrogens with zero attached hydrogens (tertiary/aromatic N) is 5. The van der Waals surface area contributed by atoms with Gasteiger partial charge in [-0.05, 0) is 25.3 Å². The number of hydrogen-bond acceptors (Lipinski definition) is 6. The van der Waals surface area contributed by atoms with Gasteiger partial charge in [-0.1, -0.05) is 0 Å². The molecular formula is C18H24N6O2. The summed E-state index contributed by atoms with van der Waals surface area (Å²) in [4.78, 5) is 23.7. The van der Waals surface area contributed by atoms with E-state index in [2.05, 4.69) is 20.3 Å². The first-order valence-electron chi connectivity index (χ1n) is 9.13. The van der Waals surface area contributed by atoms with E-state index in [4.69, 9.17) is 9.72 Å². The van der Waals surface area contributed by atoms with Crippen molar-refractivity contribution in [2.75, 3.05) is 24.6 Å². The molecule has 1 fully saturated rings. The maximum atomic E-state index is 12.3. The average Bonchev–Trinajstić information content (AvgIpc) is 3.06. The second-order valence-corrected chi connectivity index (χ2v) is 7.01. The van der Waals surface area contributed by atoms with Crippen molar-refractivity contribution in [2.24, 2.45) is 0 Å². The van der Waals surface area contributed by atoms with Crippen LogP contribution < -0.4 is 10.2 Å². The van der Waals surface area contributed by atoms with Crippen LogP contribution in [0.5, 0.6) is 0 Å². The lowest BCUT2D eigenvalue weighted by molar-refractivity contribution is -0.122. The van der Waals surface area contributed by atoms with Gasteiger partial charge >= 0.3 is 0 Å². The highest BCUT2D eigenvalue weighted by Gasteiger charge is 2.24. The van der Waals surface area contributed by atoms with Gasteiger partial charge in [-0.3, -0.25) is 9.48 Å². The largest absolute Gasteiger partial charge is 0.376 e. The molecule has 1 saturated heterocycles. The fourth-order valence-electron chi connectivity index (χ4n) is 3.52. The molecule has 0 radical (unpaired) electrons. The van der Waals surface area contributed by atoms with Crippen molar-refractivity contribution in [3.05, 3.63) is 35.4 Å².